The predicted molar refractivity (Wildman–Crippen MR) is 124 cm³/mol. The van der Waals surface area contributed by atoms with Crippen LogP contribution in [0.15, 0.2) is 102 Å². The van der Waals surface area contributed by atoms with Crippen LogP contribution in [-0.4, -0.2) is 13.4 Å². The van der Waals surface area contributed by atoms with E-state index in [9.17, 15) is 8.42 Å². The minimum atomic E-state index is -3.75. The van der Waals surface area contributed by atoms with Gasteiger partial charge >= 0.3 is 0 Å². The number of benzene rings is 3. The highest BCUT2D eigenvalue weighted by atomic mass is 32.2. The van der Waals surface area contributed by atoms with Crippen molar-refractivity contribution in [3.63, 3.8) is 0 Å². The molecule has 156 valence electrons. The van der Waals surface area contributed by atoms with Gasteiger partial charge in [-0.25, -0.2) is 8.42 Å². The highest BCUT2D eigenvalue weighted by molar-refractivity contribution is 7.89. The number of pyridine rings is 1. The van der Waals surface area contributed by atoms with Crippen LogP contribution < -0.4 is 4.72 Å². The zero-order chi connectivity index (χ0) is 21.8. The van der Waals surface area contributed by atoms with Gasteiger partial charge in [0.15, 0.2) is 0 Å². The highest BCUT2D eigenvalue weighted by Gasteiger charge is 2.26. The van der Waals surface area contributed by atoms with Gasteiger partial charge in [-0.15, -0.1) is 0 Å². The van der Waals surface area contributed by atoms with E-state index >= 15 is 0 Å². The molecule has 0 aliphatic heterocycles. The van der Waals surface area contributed by atoms with Crippen LogP contribution in [-0.2, 0) is 10.0 Å². The van der Waals surface area contributed by atoms with Crippen LogP contribution in [0.1, 0.15) is 28.3 Å². The molecule has 1 unspecified atom stereocenters. The Hall–Kier alpha value is -3.28. The fraction of sp³-hybridized carbons (Fsp3) is 0.115. The maximum Gasteiger partial charge on any atom is 0.241 e. The number of nitrogens with one attached hydrogen (secondary N) is 1. The van der Waals surface area contributed by atoms with E-state index < -0.39 is 16.1 Å². The average Bonchev–Trinajstić information content (AvgIpc) is 2.79. The Morgan fingerprint density at radius 2 is 1.48 bits per heavy atom. The molecule has 5 heteroatoms. The molecule has 4 nitrogen and oxygen atoms in total. The van der Waals surface area contributed by atoms with Crippen LogP contribution in [0.4, 0.5) is 0 Å². The van der Waals surface area contributed by atoms with Crippen LogP contribution in [0.3, 0.4) is 0 Å². The molecule has 4 aromatic rings. The van der Waals surface area contributed by atoms with Crippen molar-refractivity contribution in [3.8, 4) is 11.3 Å². The normalized spacial score (nSPS) is 12.5. The van der Waals surface area contributed by atoms with Crippen molar-refractivity contribution < 1.29 is 8.42 Å². The first-order valence-corrected chi connectivity index (χ1v) is 11.6. The summed E-state index contributed by atoms with van der Waals surface area (Å²) in [7, 11) is -3.75. The second-order valence-corrected chi connectivity index (χ2v) is 9.25. The molecule has 0 aliphatic carbocycles. The summed E-state index contributed by atoms with van der Waals surface area (Å²) in [6.45, 7) is 3.95. The average molecular weight is 429 g/mol. The lowest BCUT2D eigenvalue weighted by atomic mass is 9.90. The van der Waals surface area contributed by atoms with Gasteiger partial charge in [0.1, 0.15) is 0 Å². The van der Waals surface area contributed by atoms with E-state index in [0.29, 0.717) is 0 Å². The van der Waals surface area contributed by atoms with Crippen molar-refractivity contribution in [2.24, 2.45) is 0 Å². The largest absolute Gasteiger partial charge is 0.256 e. The number of hydrogen-bond acceptors (Lipinski definition) is 3. The van der Waals surface area contributed by atoms with E-state index in [4.69, 9.17) is 0 Å². The molecule has 31 heavy (non-hydrogen) atoms. The second-order valence-electron chi connectivity index (χ2n) is 7.53. The van der Waals surface area contributed by atoms with E-state index in [1.165, 1.54) is 0 Å². The number of aromatic nitrogens is 1. The number of sulfonamides is 1. The van der Waals surface area contributed by atoms with Crippen LogP contribution in [0.25, 0.3) is 11.3 Å². The summed E-state index contributed by atoms with van der Waals surface area (Å²) >= 11 is 0. The number of hydrogen-bond donors (Lipinski definition) is 1. The van der Waals surface area contributed by atoms with Gasteiger partial charge in [-0.1, -0.05) is 72.3 Å². The number of nitrogens with zero attached hydrogens (tertiary/aromatic N) is 1. The molecule has 0 bridgehead atoms. The topological polar surface area (TPSA) is 59.1 Å². The molecule has 0 amide bonds. The molecular weight excluding hydrogens is 404 g/mol. The fourth-order valence-corrected chi connectivity index (χ4v) is 4.89. The van der Waals surface area contributed by atoms with E-state index in [1.807, 2.05) is 80.6 Å². The molecule has 0 saturated heterocycles. The van der Waals surface area contributed by atoms with Gasteiger partial charge in [0.05, 0.1) is 16.6 Å². The Labute approximate surface area is 183 Å². The van der Waals surface area contributed by atoms with Crippen LogP contribution >= 0.6 is 0 Å². The molecule has 0 aliphatic rings. The van der Waals surface area contributed by atoms with E-state index in [1.54, 1.807) is 30.5 Å². The Morgan fingerprint density at radius 3 is 2.16 bits per heavy atom. The van der Waals surface area contributed by atoms with Gasteiger partial charge in [0.2, 0.25) is 10.0 Å². The standard InChI is InChI=1S/C26H24N2O2S/c1-19-14-16-22(17-15-19)31(29,30)28-26(21-10-4-3-5-11-21)23-12-8-9-20(2)25(23)24-13-6-7-18-27-24/h3-18,26,28H,1-2H3. The lowest BCUT2D eigenvalue weighted by molar-refractivity contribution is 0.572. The molecule has 1 aromatic heterocycles. The van der Waals surface area contributed by atoms with Crippen LogP contribution in [0.5, 0.6) is 0 Å². The first kappa shape index (κ1) is 21.0. The van der Waals surface area contributed by atoms with Gasteiger partial charge in [-0.3, -0.25) is 4.98 Å². The molecule has 0 spiro atoms. The van der Waals surface area contributed by atoms with Crippen molar-refractivity contribution in [2.75, 3.05) is 0 Å². The molecule has 1 atom stereocenters. The van der Waals surface area contributed by atoms with E-state index in [2.05, 4.69) is 9.71 Å². The Kier molecular flexibility index (Phi) is 5.98. The quantitative estimate of drug-likeness (QED) is 0.445. The maximum absolute atomic E-state index is 13.3. The van der Waals surface area contributed by atoms with Crippen molar-refractivity contribution in [1.82, 2.24) is 9.71 Å². The zero-order valence-corrected chi connectivity index (χ0v) is 18.3. The zero-order valence-electron chi connectivity index (χ0n) is 17.5. The lowest BCUT2D eigenvalue weighted by Crippen LogP contribution is -2.30. The minimum absolute atomic E-state index is 0.242. The number of aryl methyl sites for hydroxylation is 2. The third-order valence-corrected chi connectivity index (χ3v) is 6.71. The van der Waals surface area contributed by atoms with Gasteiger partial charge in [0, 0.05) is 11.8 Å². The third kappa shape index (κ3) is 4.58. The summed E-state index contributed by atoms with van der Waals surface area (Å²) in [5.74, 6) is 0. The third-order valence-electron chi connectivity index (χ3n) is 5.27. The Bertz CT molecular complexity index is 1270. The first-order valence-electron chi connectivity index (χ1n) is 10.1. The van der Waals surface area contributed by atoms with Gasteiger partial charge in [-0.05, 0) is 54.8 Å². The molecular formula is C26H24N2O2S. The lowest BCUT2D eigenvalue weighted by Gasteiger charge is -2.23. The summed E-state index contributed by atoms with van der Waals surface area (Å²) in [4.78, 5) is 4.78. The second kappa shape index (κ2) is 8.84. The van der Waals surface area contributed by atoms with Crippen LogP contribution in [0.2, 0.25) is 0 Å². The maximum atomic E-state index is 13.3. The molecule has 0 fully saturated rings. The number of rotatable bonds is 6. The summed E-state index contributed by atoms with van der Waals surface area (Å²) in [5, 5.41) is 0. The van der Waals surface area contributed by atoms with Crippen molar-refractivity contribution in [1.29, 1.82) is 0 Å². The molecule has 0 saturated carbocycles. The molecule has 4 rings (SSSR count). The summed E-state index contributed by atoms with van der Waals surface area (Å²) in [5.41, 5.74) is 5.51. The Morgan fingerprint density at radius 1 is 0.774 bits per heavy atom. The summed E-state index contributed by atoms with van der Waals surface area (Å²) in [6, 6.07) is 27.6. The van der Waals surface area contributed by atoms with Gasteiger partial charge in [0.25, 0.3) is 0 Å². The molecule has 3 aromatic carbocycles. The van der Waals surface area contributed by atoms with Crippen LogP contribution in [0, 0.1) is 13.8 Å². The van der Waals surface area contributed by atoms with Crippen molar-refractivity contribution >= 4 is 10.0 Å². The summed E-state index contributed by atoms with van der Waals surface area (Å²) in [6.07, 6.45) is 1.75. The highest BCUT2D eigenvalue weighted by Crippen LogP contribution is 2.34. The molecule has 1 N–H and O–H groups in total. The predicted octanol–water partition coefficient (Wildman–Crippen LogP) is 5.43. The molecule has 0 radical (unpaired) electrons. The SMILES string of the molecule is Cc1ccc(S(=O)(=O)NC(c2ccccc2)c2cccc(C)c2-c2ccccn2)cc1. The first-order chi connectivity index (χ1) is 15.0. The Balaban J connectivity index is 1.87. The molecule has 1 heterocycles. The fourth-order valence-electron chi connectivity index (χ4n) is 3.69. The smallest absolute Gasteiger partial charge is 0.241 e. The minimum Gasteiger partial charge on any atom is -0.256 e. The van der Waals surface area contributed by atoms with E-state index in [-0.39, 0.29) is 4.90 Å². The van der Waals surface area contributed by atoms with Crippen molar-refractivity contribution in [2.45, 2.75) is 24.8 Å². The van der Waals surface area contributed by atoms with Gasteiger partial charge < -0.3 is 0 Å². The monoisotopic (exact) mass is 428 g/mol. The van der Waals surface area contributed by atoms with E-state index in [0.717, 1.165) is 33.5 Å². The van der Waals surface area contributed by atoms with Crippen molar-refractivity contribution in [3.05, 3.63) is 119 Å². The summed E-state index contributed by atoms with van der Waals surface area (Å²) < 4.78 is 29.6. The van der Waals surface area contributed by atoms with Gasteiger partial charge in [-0.2, -0.15) is 4.72 Å².